The second kappa shape index (κ2) is 13.6. The number of ether oxygens (including phenoxy) is 1. The predicted octanol–water partition coefficient (Wildman–Crippen LogP) is 4.29. The second-order valence-electron chi connectivity index (χ2n) is 12.2. The Morgan fingerprint density at radius 3 is 2.44 bits per heavy atom. The monoisotopic (exact) mass is 650 g/mol. The summed E-state index contributed by atoms with van der Waals surface area (Å²) in [6.07, 6.45) is 2.69. The van der Waals surface area contributed by atoms with E-state index in [1.54, 1.807) is 34.9 Å². The molecule has 0 atom stereocenters. The Bertz CT molecular complexity index is 1830. The molecule has 4 aliphatic rings. The molecule has 0 spiro atoms. The first kappa shape index (κ1) is 32.3. The van der Waals surface area contributed by atoms with Crippen molar-refractivity contribution in [3.05, 3.63) is 89.3 Å². The van der Waals surface area contributed by atoms with Crippen LogP contribution in [0.5, 0.6) is 0 Å². The maximum atomic E-state index is 12.8. The lowest BCUT2D eigenvalue weighted by Gasteiger charge is -2.30. The highest BCUT2D eigenvalue weighted by molar-refractivity contribution is 6.01. The zero-order valence-electron chi connectivity index (χ0n) is 27.0. The predicted molar refractivity (Wildman–Crippen MR) is 183 cm³/mol. The van der Waals surface area contributed by atoms with Gasteiger partial charge in [-0.1, -0.05) is 18.7 Å². The minimum atomic E-state index is -0.367. The highest BCUT2D eigenvalue weighted by atomic mass is 16.5. The molecule has 4 amide bonds. The van der Waals surface area contributed by atoms with E-state index in [0.717, 1.165) is 45.3 Å². The van der Waals surface area contributed by atoms with Crippen molar-refractivity contribution < 1.29 is 28.7 Å². The van der Waals surface area contributed by atoms with Gasteiger partial charge in [0.2, 0.25) is 23.6 Å². The molecule has 0 aliphatic carbocycles. The summed E-state index contributed by atoms with van der Waals surface area (Å²) in [5, 5.41) is 12.0. The summed E-state index contributed by atoms with van der Waals surface area (Å²) in [6, 6.07) is 16.7. The SMILES string of the molecule is C=C1Nc2ccc(CC(=O)N3CCc4c(C(=O)OC)cccc43)cc2N1.CC(=O)N1CCC(C(=O)Nc2ccc3c(c2)CC(=O)N3)CC1. The van der Waals surface area contributed by atoms with Gasteiger partial charge in [-0.15, -0.1) is 0 Å². The van der Waals surface area contributed by atoms with Crippen LogP contribution in [0, 0.1) is 5.92 Å². The Kier molecular flexibility index (Phi) is 9.15. The Labute approximate surface area is 278 Å². The molecule has 4 N–H and O–H groups in total. The topological polar surface area (TPSA) is 149 Å². The standard InChI is InChI=1S/C20H19N3O3.C16H19N3O3/c1-12-21-16-7-6-13(10-17(16)22-12)11-19(24)23-9-8-14-15(20(25)26-2)4-3-5-18(14)23;1-10(20)19-6-4-11(5-7-19)16(22)17-13-2-3-14-12(8-13)9-15(21)18-14/h3-7,10,21-22H,1,8-9,11H2,2H3;2-3,8,11H,4-7,9H2,1H3,(H,17,22)(H,18,21). The minimum Gasteiger partial charge on any atom is -0.465 e. The van der Waals surface area contributed by atoms with E-state index in [4.69, 9.17) is 4.74 Å². The molecule has 0 radical (unpaired) electrons. The number of amides is 4. The van der Waals surface area contributed by atoms with E-state index < -0.39 is 0 Å². The molecular weight excluding hydrogens is 612 g/mol. The molecule has 1 saturated heterocycles. The Hall–Kier alpha value is -5.65. The van der Waals surface area contributed by atoms with Crippen LogP contribution in [-0.2, 0) is 43.2 Å². The largest absolute Gasteiger partial charge is 0.465 e. The lowest BCUT2D eigenvalue weighted by Crippen LogP contribution is -2.40. The average molecular weight is 651 g/mol. The van der Waals surface area contributed by atoms with Gasteiger partial charge in [0.1, 0.15) is 5.82 Å². The van der Waals surface area contributed by atoms with Gasteiger partial charge in [0.05, 0.1) is 36.9 Å². The first-order valence-corrected chi connectivity index (χ1v) is 15.9. The Balaban J connectivity index is 0.000000170. The zero-order valence-corrected chi connectivity index (χ0v) is 27.0. The van der Waals surface area contributed by atoms with E-state index in [9.17, 15) is 24.0 Å². The number of carbonyl (C=O) groups is 5. The normalized spacial score (nSPS) is 16.0. The van der Waals surface area contributed by atoms with E-state index in [2.05, 4.69) is 27.8 Å². The van der Waals surface area contributed by atoms with E-state index >= 15 is 0 Å². The highest BCUT2D eigenvalue weighted by Gasteiger charge is 2.29. The lowest BCUT2D eigenvalue weighted by atomic mass is 9.95. The van der Waals surface area contributed by atoms with Gasteiger partial charge in [-0.3, -0.25) is 19.2 Å². The van der Waals surface area contributed by atoms with Crippen molar-refractivity contribution >= 4 is 58.0 Å². The maximum absolute atomic E-state index is 12.8. The molecule has 0 unspecified atom stereocenters. The fourth-order valence-corrected chi connectivity index (χ4v) is 6.54. The molecule has 4 aliphatic heterocycles. The number of benzene rings is 3. The molecule has 0 saturated carbocycles. The first-order chi connectivity index (χ1) is 23.1. The highest BCUT2D eigenvalue weighted by Crippen LogP contribution is 2.34. The van der Waals surface area contributed by atoms with Gasteiger partial charge in [0, 0.05) is 49.5 Å². The van der Waals surface area contributed by atoms with Crippen LogP contribution in [-0.4, -0.2) is 61.2 Å². The fraction of sp³-hybridized carbons (Fsp3) is 0.306. The van der Waals surface area contributed by atoms with Crippen LogP contribution in [0.15, 0.2) is 67.0 Å². The van der Waals surface area contributed by atoms with Crippen LogP contribution in [0.25, 0.3) is 0 Å². The van der Waals surface area contributed by atoms with Gasteiger partial charge in [-0.05, 0) is 78.4 Å². The van der Waals surface area contributed by atoms with Crippen LogP contribution in [0.3, 0.4) is 0 Å². The number of methoxy groups -OCH3 is 1. The summed E-state index contributed by atoms with van der Waals surface area (Å²) < 4.78 is 4.84. The summed E-state index contributed by atoms with van der Waals surface area (Å²) >= 11 is 0. The van der Waals surface area contributed by atoms with Crippen molar-refractivity contribution in [3.63, 3.8) is 0 Å². The van der Waals surface area contributed by atoms with Gasteiger partial charge in [0.25, 0.3) is 0 Å². The summed E-state index contributed by atoms with van der Waals surface area (Å²) in [6.45, 7) is 7.24. The molecule has 12 heteroatoms. The number of esters is 1. The number of anilines is 5. The smallest absolute Gasteiger partial charge is 0.338 e. The van der Waals surface area contributed by atoms with Gasteiger partial charge < -0.3 is 35.8 Å². The van der Waals surface area contributed by atoms with E-state index in [1.807, 2.05) is 36.4 Å². The number of likely N-dealkylation sites (tertiary alicyclic amines) is 1. The summed E-state index contributed by atoms with van der Waals surface area (Å²) in [5.74, 6) is 0.338. The Morgan fingerprint density at radius 1 is 0.938 bits per heavy atom. The van der Waals surface area contributed by atoms with E-state index in [0.29, 0.717) is 63.0 Å². The van der Waals surface area contributed by atoms with E-state index in [-0.39, 0.29) is 35.5 Å². The number of fused-ring (bicyclic) bond motifs is 3. The molecule has 4 heterocycles. The third-order valence-electron chi connectivity index (χ3n) is 9.05. The quantitative estimate of drug-likeness (QED) is 0.299. The fourth-order valence-electron chi connectivity index (χ4n) is 6.54. The second-order valence-corrected chi connectivity index (χ2v) is 12.2. The van der Waals surface area contributed by atoms with Crippen molar-refractivity contribution in [3.8, 4) is 0 Å². The molecule has 12 nitrogen and oxygen atoms in total. The number of piperidine rings is 1. The lowest BCUT2D eigenvalue weighted by molar-refractivity contribution is -0.132. The van der Waals surface area contributed by atoms with Gasteiger partial charge in [-0.2, -0.15) is 0 Å². The molecule has 3 aromatic carbocycles. The summed E-state index contributed by atoms with van der Waals surface area (Å²) in [4.78, 5) is 63.2. The third-order valence-corrected chi connectivity index (χ3v) is 9.05. The third kappa shape index (κ3) is 6.87. The van der Waals surface area contributed by atoms with Crippen LogP contribution in [0.4, 0.5) is 28.4 Å². The average Bonchev–Trinajstić information content (AvgIpc) is 3.79. The molecular formula is C36H38N6O6. The van der Waals surface area contributed by atoms with Crippen molar-refractivity contribution in [2.24, 2.45) is 5.92 Å². The molecule has 3 aromatic rings. The first-order valence-electron chi connectivity index (χ1n) is 15.9. The summed E-state index contributed by atoms with van der Waals surface area (Å²) in [7, 11) is 1.37. The van der Waals surface area contributed by atoms with Gasteiger partial charge in [0.15, 0.2) is 0 Å². The van der Waals surface area contributed by atoms with Crippen LogP contribution >= 0.6 is 0 Å². The number of nitrogens with zero attached hydrogens (tertiary/aromatic N) is 2. The van der Waals surface area contributed by atoms with Gasteiger partial charge >= 0.3 is 5.97 Å². The maximum Gasteiger partial charge on any atom is 0.338 e. The van der Waals surface area contributed by atoms with Gasteiger partial charge in [-0.25, -0.2) is 4.79 Å². The van der Waals surface area contributed by atoms with Crippen LogP contribution in [0.1, 0.15) is 46.8 Å². The van der Waals surface area contributed by atoms with Crippen LogP contribution < -0.4 is 26.2 Å². The number of nitrogens with one attached hydrogen (secondary N) is 4. The number of carbonyl (C=O) groups excluding carboxylic acids is 5. The summed E-state index contributed by atoms with van der Waals surface area (Å²) in [5.41, 5.74) is 7.47. The molecule has 7 rings (SSSR count). The number of hydrogen-bond donors (Lipinski definition) is 4. The van der Waals surface area contributed by atoms with Crippen molar-refractivity contribution in [2.75, 3.05) is 52.9 Å². The van der Waals surface area contributed by atoms with Crippen molar-refractivity contribution in [1.29, 1.82) is 0 Å². The Morgan fingerprint density at radius 2 is 1.69 bits per heavy atom. The molecule has 0 aromatic heterocycles. The van der Waals surface area contributed by atoms with Crippen molar-refractivity contribution in [2.45, 2.75) is 39.0 Å². The zero-order chi connectivity index (χ0) is 33.9. The molecule has 0 bridgehead atoms. The molecule has 248 valence electrons. The number of hydrogen-bond acceptors (Lipinski definition) is 8. The molecule has 48 heavy (non-hydrogen) atoms. The van der Waals surface area contributed by atoms with Crippen LogP contribution in [0.2, 0.25) is 0 Å². The molecule has 1 fully saturated rings. The van der Waals surface area contributed by atoms with E-state index in [1.165, 1.54) is 7.11 Å². The number of rotatable bonds is 5. The minimum absolute atomic E-state index is 0.00972. The van der Waals surface area contributed by atoms with Crippen molar-refractivity contribution in [1.82, 2.24) is 4.90 Å².